The molecule has 1 saturated heterocycles. The minimum Gasteiger partial charge on any atom is -0.360 e. The average Bonchev–Trinajstić information content (AvgIpc) is 2.78. The highest BCUT2D eigenvalue weighted by Gasteiger charge is 2.22. The summed E-state index contributed by atoms with van der Waals surface area (Å²) >= 11 is 0. The summed E-state index contributed by atoms with van der Waals surface area (Å²) < 4.78 is 5.13. The molecule has 1 fully saturated rings. The predicted molar refractivity (Wildman–Crippen MR) is 58.5 cm³/mol. The van der Waals surface area contributed by atoms with Gasteiger partial charge in [-0.1, -0.05) is 12.1 Å². The zero-order valence-corrected chi connectivity index (χ0v) is 9.28. The number of likely N-dealkylation sites (tertiary alicyclic amines) is 1. The van der Waals surface area contributed by atoms with Crippen LogP contribution in [-0.2, 0) is 6.54 Å². The fraction of sp³-hybridized carbons (Fsp3) is 0.727. The topological polar surface area (TPSA) is 55.3 Å². The molecule has 0 aliphatic carbocycles. The van der Waals surface area contributed by atoms with Crippen LogP contribution >= 0.6 is 0 Å². The summed E-state index contributed by atoms with van der Waals surface area (Å²) in [7, 11) is 0. The van der Waals surface area contributed by atoms with E-state index >= 15 is 0 Å². The molecule has 1 aliphatic rings. The Bertz CT molecular complexity index is 303. The fourth-order valence-corrected chi connectivity index (χ4v) is 2.16. The van der Waals surface area contributed by atoms with Crippen LogP contribution in [0.25, 0.3) is 0 Å². The first-order chi connectivity index (χ1) is 7.33. The van der Waals surface area contributed by atoms with Crippen LogP contribution < -0.4 is 5.73 Å². The van der Waals surface area contributed by atoms with Gasteiger partial charge in [-0.25, -0.2) is 0 Å². The monoisotopic (exact) mass is 209 g/mol. The van der Waals surface area contributed by atoms with Crippen molar-refractivity contribution in [1.29, 1.82) is 0 Å². The number of piperidine rings is 1. The highest BCUT2D eigenvalue weighted by atomic mass is 16.5. The Morgan fingerprint density at radius 3 is 2.80 bits per heavy atom. The van der Waals surface area contributed by atoms with Crippen molar-refractivity contribution >= 4 is 0 Å². The van der Waals surface area contributed by atoms with Crippen LogP contribution in [0.2, 0.25) is 0 Å². The molecule has 2 heterocycles. The molecule has 4 heteroatoms. The number of rotatable bonds is 3. The second kappa shape index (κ2) is 4.77. The number of nitrogens with zero attached hydrogens (tertiary/aromatic N) is 2. The summed E-state index contributed by atoms with van der Waals surface area (Å²) in [4.78, 5) is 2.47. The van der Waals surface area contributed by atoms with Gasteiger partial charge in [0.25, 0.3) is 0 Å². The highest BCUT2D eigenvalue weighted by molar-refractivity contribution is 5.11. The molecular formula is C11H19N3O. The summed E-state index contributed by atoms with van der Waals surface area (Å²) in [6.45, 7) is 6.15. The summed E-state index contributed by atoms with van der Waals surface area (Å²) in [5.74, 6) is 1.36. The highest BCUT2D eigenvalue weighted by Crippen LogP contribution is 2.27. The van der Waals surface area contributed by atoms with E-state index in [0.29, 0.717) is 12.5 Å². The molecule has 0 aromatic carbocycles. The van der Waals surface area contributed by atoms with Crippen molar-refractivity contribution in [3.8, 4) is 0 Å². The van der Waals surface area contributed by atoms with Crippen molar-refractivity contribution in [2.75, 3.05) is 19.6 Å². The van der Waals surface area contributed by atoms with Crippen LogP contribution in [0.1, 0.15) is 37.1 Å². The molecule has 2 rings (SSSR count). The van der Waals surface area contributed by atoms with Gasteiger partial charge >= 0.3 is 0 Å². The van der Waals surface area contributed by atoms with Gasteiger partial charge in [-0.15, -0.1) is 0 Å². The standard InChI is InChI=1S/C11H19N3O/c1-2-14-5-3-9(4-6-14)11-7-10(8-12)15-13-11/h7,9H,2-6,8,12H2,1H3. The molecule has 0 unspecified atom stereocenters. The molecule has 0 amide bonds. The lowest BCUT2D eigenvalue weighted by molar-refractivity contribution is 0.218. The smallest absolute Gasteiger partial charge is 0.150 e. The maximum atomic E-state index is 5.49. The number of hydrogen-bond acceptors (Lipinski definition) is 4. The van der Waals surface area contributed by atoms with Gasteiger partial charge in [0.15, 0.2) is 5.76 Å². The summed E-state index contributed by atoms with van der Waals surface area (Å²) in [6.07, 6.45) is 2.37. The van der Waals surface area contributed by atoms with Crippen LogP contribution in [0.15, 0.2) is 10.6 Å². The van der Waals surface area contributed by atoms with Crippen LogP contribution in [0.4, 0.5) is 0 Å². The van der Waals surface area contributed by atoms with E-state index in [9.17, 15) is 0 Å². The molecule has 2 N–H and O–H groups in total. The summed E-state index contributed by atoms with van der Waals surface area (Å²) in [5, 5.41) is 4.09. The van der Waals surface area contributed by atoms with Crippen LogP contribution in [0.3, 0.4) is 0 Å². The molecule has 1 aliphatic heterocycles. The SMILES string of the molecule is CCN1CCC(c2cc(CN)on2)CC1. The molecule has 0 bridgehead atoms. The van der Waals surface area contributed by atoms with Gasteiger partial charge in [0.05, 0.1) is 12.2 Å². The summed E-state index contributed by atoms with van der Waals surface area (Å²) in [6, 6.07) is 2.01. The molecule has 0 spiro atoms. The van der Waals surface area contributed by atoms with Crippen molar-refractivity contribution < 1.29 is 4.52 Å². The Morgan fingerprint density at radius 2 is 2.27 bits per heavy atom. The van der Waals surface area contributed by atoms with Crippen LogP contribution in [-0.4, -0.2) is 29.7 Å². The van der Waals surface area contributed by atoms with Gasteiger partial charge in [0.1, 0.15) is 0 Å². The second-order valence-corrected chi connectivity index (χ2v) is 4.13. The van der Waals surface area contributed by atoms with E-state index in [-0.39, 0.29) is 0 Å². The Hall–Kier alpha value is -0.870. The number of hydrogen-bond donors (Lipinski definition) is 1. The first-order valence-corrected chi connectivity index (χ1v) is 5.71. The predicted octanol–water partition coefficient (Wildman–Crippen LogP) is 1.33. The Labute approximate surface area is 90.4 Å². The summed E-state index contributed by atoms with van der Waals surface area (Å²) in [5.41, 5.74) is 6.58. The second-order valence-electron chi connectivity index (χ2n) is 4.13. The van der Waals surface area contributed by atoms with Gasteiger partial charge in [-0.3, -0.25) is 0 Å². The third-order valence-electron chi connectivity index (χ3n) is 3.23. The maximum absolute atomic E-state index is 5.49. The Morgan fingerprint density at radius 1 is 1.53 bits per heavy atom. The minimum atomic E-state index is 0.445. The first-order valence-electron chi connectivity index (χ1n) is 5.71. The van der Waals surface area contributed by atoms with Crippen molar-refractivity contribution in [3.63, 3.8) is 0 Å². The molecule has 0 saturated carbocycles. The van der Waals surface area contributed by atoms with Gasteiger partial charge in [-0.05, 0) is 32.5 Å². The first kappa shape index (κ1) is 10.6. The Balaban J connectivity index is 1.95. The number of nitrogens with two attached hydrogens (primary N) is 1. The molecule has 0 atom stereocenters. The van der Waals surface area contributed by atoms with Gasteiger partial charge in [0, 0.05) is 12.0 Å². The minimum absolute atomic E-state index is 0.445. The van der Waals surface area contributed by atoms with Crippen molar-refractivity contribution in [2.24, 2.45) is 5.73 Å². The number of aromatic nitrogens is 1. The lowest BCUT2D eigenvalue weighted by atomic mass is 9.93. The van der Waals surface area contributed by atoms with E-state index in [4.69, 9.17) is 10.3 Å². The van der Waals surface area contributed by atoms with Gasteiger partial charge in [-0.2, -0.15) is 0 Å². The molecule has 0 radical (unpaired) electrons. The zero-order chi connectivity index (χ0) is 10.7. The lowest BCUT2D eigenvalue weighted by Crippen LogP contribution is -2.32. The van der Waals surface area contributed by atoms with Crippen LogP contribution in [0, 0.1) is 0 Å². The van der Waals surface area contributed by atoms with Crippen LogP contribution in [0.5, 0.6) is 0 Å². The molecule has 15 heavy (non-hydrogen) atoms. The normalized spacial score (nSPS) is 19.6. The largest absolute Gasteiger partial charge is 0.360 e. The maximum Gasteiger partial charge on any atom is 0.150 e. The van der Waals surface area contributed by atoms with E-state index in [1.54, 1.807) is 0 Å². The van der Waals surface area contributed by atoms with E-state index in [0.717, 1.165) is 18.0 Å². The molecule has 84 valence electrons. The van der Waals surface area contributed by atoms with E-state index < -0.39 is 0 Å². The third-order valence-corrected chi connectivity index (χ3v) is 3.23. The van der Waals surface area contributed by atoms with Gasteiger partial charge < -0.3 is 15.2 Å². The molecular weight excluding hydrogens is 190 g/mol. The van der Waals surface area contributed by atoms with E-state index in [2.05, 4.69) is 17.0 Å². The Kier molecular flexibility index (Phi) is 3.38. The average molecular weight is 209 g/mol. The quantitative estimate of drug-likeness (QED) is 0.816. The van der Waals surface area contributed by atoms with E-state index in [1.807, 2.05) is 6.07 Å². The lowest BCUT2D eigenvalue weighted by Gasteiger charge is -2.29. The third kappa shape index (κ3) is 2.38. The molecule has 1 aromatic rings. The van der Waals surface area contributed by atoms with Crippen molar-refractivity contribution in [3.05, 3.63) is 17.5 Å². The van der Waals surface area contributed by atoms with Crippen molar-refractivity contribution in [1.82, 2.24) is 10.1 Å². The molecule has 4 nitrogen and oxygen atoms in total. The van der Waals surface area contributed by atoms with Gasteiger partial charge in [0.2, 0.25) is 0 Å². The fourth-order valence-electron chi connectivity index (χ4n) is 2.16. The molecule has 1 aromatic heterocycles. The van der Waals surface area contributed by atoms with E-state index in [1.165, 1.54) is 25.9 Å². The van der Waals surface area contributed by atoms with Crippen molar-refractivity contribution in [2.45, 2.75) is 32.2 Å². The zero-order valence-electron chi connectivity index (χ0n) is 9.28.